The molecule has 1 aromatic rings. The predicted molar refractivity (Wildman–Crippen MR) is 69.2 cm³/mol. The third-order valence-corrected chi connectivity index (χ3v) is 3.03. The first kappa shape index (κ1) is 12.6. The topological polar surface area (TPSA) is 46.6 Å². The van der Waals surface area contributed by atoms with Gasteiger partial charge in [-0.2, -0.15) is 0 Å². The first-order valence-corrected chi connectivity index (χ1v) is 6.15. The van der Waals surface area contributed by atoms with Gasteiger partial charge in [-0.3, -0.25) is 9.59 Å². The molecule has 1 unspecified atom stereocenters. The molecule has 4 nitrogen and oxygen atoms in total. The molecule has 1 amide bonds. The van der Waals surface area contributed by atoms with Crippen molar-refractivity contribution in [2.24, 2.45) is 0 Å². The van der Waals surface area contributed by atoms with Crippen molar-refractivity contribution in [2.45, 2.75) is 33.3 Å². The van der Waals surface area contributed by atoms with E-state index in [0.717, 1.165) is 0 Å². The van der Waals surface area contributed by atoms with Crippen LogP contribution in [0.3, 0.4) is 0 Å². The van der Waals surface area contributed by atoms with Crippen LogP contribution in [0.4, 0.5) is 5.69 Å². The van der Waals surface area contributed by atoms with Crippen molar-refractivity contribution in [3.8, 4) is 5.75 Å². The average Bonchev–Trinajstić information content (AvgIpc) is 2.36. The van der Waals surface area contributed by atoms with Gasteiger partial charge in [-0.25, -0.2) is 0 Å². The Balaban J connectivity index is 2.47. The van der Waals surface area contributed by atoms with E-state index in [1.54, 1.807) is 23.1 Å². The summed E-state index contributed by atoms with van der Waals surface area (Å²) in [5.74, 6) is 0.702. The molecule has 0 aliphatic carbocycles. The minimum Gasteiger partial charge on any atom is -0.487 e. The fourth-order valence-electron chi connectivity index (χ4n) is 2.08. The quantitative estimate of drug-likeness (QED) is 0.754. The maximum Gasteiger partial charge on any atom is 0.226 e. The smallest absolute Gasteiger partial charge is 0.226 e. The van der Waals surface area contributed by atoms with Crippen LogP contribution >= 0.6 is 0 Å². The van der Waals surface area contributed by atoms with E-state index >= 15 is 0 Å². The normalized spacial score (nSPS) is 17.9. The molecule has 1 heterocycles. The number of Topliss-reactive ketones (excluding diaryl/α,β-unsaturated/α-hetero) is 1. The second kappa shape index (κ2) is 4.80. The van der Waals surface area contributed by atoms with Gasteiger partial charge in [0, 0.05) is 12.0 Å². The molecule has 2 rings (SSSR count). The lowest BCUT2D eigenvalue weighted by Gasteiger charge is -2.33. The number of carbonyl (C=O) groups is 2. The van der Waals surface area contributed by atoms with E-state index in [4.69, 9.17) is 4.74 Å². The number of carbonyl (C=O) groups excluding carboxylic acids is 2. The Kier molecular flexibility index (Phi) is 3.36. The summed E-state index contributed by atoms with van der Waals surface area (Å²) in [5.41, 5.74) is 1.30. The van der Waals surface area contributed by atoms with Gasteiger partial charge in [0.05, 0.1) is 12.2 Å². The number of rotatable bonds is 2. The predicted octanol–water partition coefficient (Wildman–Crippen LogP) is 2.41. The number of anilines is 1. The lowest BCUT2D eigenvalue weighted by Crippen LogP contribution is -2.42. The lowest BCUT2D eigenvalue weighted by molar-refractivity contribution is -0.118. The zero-order chi connectivity index (χ0) is 13.3. The molecule has 96 valence electrons. The number of hydrogen-bond donors (Lipinski definition) is 0. The number of fused-ring (bicyclic) bond motifs is 1. The average molecular weight is 247 g/mol. The molecule has 0 aromatic heterocycles. The number of ether oxygens (including phenoxy) is 1. The largest absolute Gasteiger partial charge is 0.487 e. The molecule has 0 saturated carbocycles. The Morgan fingerprint density at radius 1 is 1.44 bits per heavy atom. The minimum absolute atomic E-state index is 0.0136. The van der Waals surface area contributed by atoms with E-state index in [1.807, 2.05) is 13.8 Å². The van der Waals surface area contributed by atoms with Gasteiger partial charge in [0.1, 0.15) is 11.9 Å². The Labute approximate surface area is 107 Å². The highest BCUT2D eigenvalue weighted by Crippen LogP contribution is 2.34. The first-order valence-electron chi connectivity index (χ1n) is 6.15. The molecular formula is C14H17NO3. The highest BCUT2D eigenvalue weighted by atomic mass is 16.5. The highest BCUT2D eigenvalue weighted by molar-refractivity contribution is 5.99. The number of amides is 1. The molecule has 0 N–H and O–H groups in total. The minimum atomic E-state index is -0.0313. The molecule has 0 saturated heterocycles. The van der Waals surface area contributed by atoms with Gasteiger partial charge in [0.2, 0.25) is 5.91 Å². The van der Waals surface area contributed by atoms with Crippen LogP contribution in [0.1, 0.15) is 37.6 Å². The van der Waals surface area contributed by atoms with Crippen molar-refractivity contribution >= 4 is 17.4 Å². The summed E-state index contributed by atoms with van der Waals surface area (Å²) in [7, 11) is 0. The number of ketones is 1. The summed E-state index contributed by atoms with van der Waals surface area (Å²) in [4.78, 5) is 25.0. The van der Waals surface area contributed by atoms with Gasteiger partial charge in [0.15, 0.2) is 5.78 Å². The Hall–Kier alpha value is -1.84. The van der Waals surface area contributed by atoms with E-state index in [2.05, 4.69) is 0 Å². The first-order chi connectivity index (χ1) is 8.52. The second-order valence-corrected chi connectivity index (χ2v) is 4.53. The van der Waals surface area contributed by atoms with Gasteiger partial charge in [-0.15, -0.1) is 0 Å². The van der Waals surface area contributed by atoms with Crippen molar-refractivity contribution in [2.75, 3.05) is 11.4 Å². The fourth-order valence-corrected chi connectivity index (χ4v) is 2.08. The standard InChI is InChI=1S/C14H17NO3/c1-4-14(17)15-8-9(2)18-13-6-5-11(10(3)16)7-12(13)15/h5-7,9H,4,8H2,1-3H3. The van der Waals surface area contributed by atoms with Gasteiger partial charge in [0.25, 0.3) is 0 Å². The maximum atomic E-state index is 11.9. The van der Waals surface area contributed by atoms with Gasteiger partial charge in [-0.05, 0) is 32.0 Å². The SMILES string of the molecule is CCC(=O)N1CC(C)Oc2ccc(C(C)=O)cc21. The van der Waals surface area contributed by atoms with Crippen LogP contribution < -0.4 is 9.64 Å². The second-order valence-electron chi connectivity index (χ2n) is 4.53. The molecular weight excluding hydrogens is 230 g/mol. The fraction of sp³-hybridized carbons (Fsp3) is 0.429. The molecule has 1 aromatic carbocycles. The molecule has 18 heavy (non-hydrogen) atoms. The van der Waals surface area contributed by atoms with Crippen LogP contribution in [0.25, 0.3) is 0 Å². The van der Waals surface area contributed by atoms with Crippen molar-refractivity contribution in [1.82, 2.24) is 0 Å². The van der Waals surface area contributed by atoms with Crippen molar-refractivity contribution in [3.05, 3.63) is 23.8 Å². The van der Waals surface area contributed by atoms with E-state index in [-0.39, 0.29) is 17.8 Å². The Morgan fingerprint density at radius 3 is 2.78 bits per heavy atom. The van der Waals surface area contributed by atoms with E-state index in [0.29, 0.717) is 30.0 Å². The van der Waals surface area contributed by atoms with Crippen molar-refractivity contribution in [3.63, 3.8) is 0 Å². The molecule has 1 atom stereocenters. The summed E-state index contributed by atoms with van der Waals surface area (Å²) < 4.78 is 5.69. The maximum absolute atomic E-state index is 11.9. The van der Waals surface area contributed by atoms with Crippen LogP contribution in [0.15, 0.2) is 18.2 Å². The van der Waals surface area contributed by atoms with Gasteiger partial charge < -0.3 is 9.64 Å². The van der Waals surface area contributed by atoms with Crippen molar-refractivity contribution in [1.29, 1.82) is 0 Å². The van der Waals surface area contributed by atoms with Crippen LogP contribution in [0, 0.1) is 0 Å². The molecule has 1 aliphatic heterocycles. The summed E-state index contributed by atoms with van der Waals surface area (Å²) in [6.07, 6.45) is 0.410. The van der Waals surface area contributed by atoms with Crippen LogP contribution in [-0.2, 0) is 4.79 Å². The number of benzene rings is 1. The number of hydrogen-bond acceptors (Lipinski definition) is 3. The Morgan fingerprint density at radius 2 is 2.17 bits per heavy atom. The van der Waals surface area contributed by atoms with Crippen molar-refractivity contribution < 1.29 is 14.3 Å². The van der Waals surface area contributed by atoms with Gasteiger partial charge in [-0.1, -0.05) is 6.92 Å². The summed E-state index contributed by atoms with van der Waals surface area (Å²) >= 11 is 0. The Bertz CT molecular complexity index is 496. The van der Waals surface area contributed by atoms with E-state index < -0.39 is 0 Å². The third-order valence-electron chi connectivity index (χ3n) is 3.03. The zero-order valence-electron chi connectivity index (χ0n) is 10.9. The molecule has 1 aliphatic rings. The molecule has 0 fully saturated rings. The molecule has 0 spiro atoms. The van der Waals surface area contributed by atoms with Gasteiger partial charge >= 0.3 is 0 Å². The zero-order valence-corrected chi connectivity index (χ0v) is 10.9. The summed E-state index contributed by atoms with van der Waals surface area (Å²) in [5, 5.41) is 0. The molecule has 0 radical (unpaired) electrons. The van der Waals surface area contributed by atoms with Crippen LogP contribution in [0.5, 0.6) is 5.75 Å². The number of nitrogens with zero attached hydrogens (tertiary/aromatic N) is 1. The van der Waals surface area contributed by atoms with Crippen LogP contribution in [-0.4, -0.2) is 24.3 Å². The third kappa shape index (κ3) is 2.23. The summed E-state index contributed by atoms with van der Waals surface area (Å²) in [6, 6.07) is 5.22. The van der Waals surface area contributed by atoms with E-state index in [1.165, 1.54) is 6.92 Å². The highest BCUT2D eigenvalue weighted by Gasteiger charge is 2.27. The lowest BCUT2D eigenvalue weighted by atomic mass is 10.1. The summed E-state index contributed by atoms with van der Waals surface area (Å²) in [6.45, 7) is 5.80. The monoisotopic (exact) mass is 247 g/mol. The van der Waals surface area contributed by atoms with E-state index in [9.17, 15) is 9.59 Å². The molecule has 0 bridgehead atoms. The molecule has 4 heteroatoms. The van der Waals surface area contributed by atoms with Crippen LogP contribution in [0.2, 0.25) is 0 Å².